The van der Waals surface area contributed by atoms with E-state index >= 15 is 0 Å². The molecule has 0 bridgehead atoms. The van der Waals surface area contributed by atoms with Crippen LogP contribution in [-0.2, 0) is 17.8 Å². The van der Waals surface area contributed by atoms with Crippen LogP contribution in [0.25, 0.3) is 0 Å². The predicted molar refractivity (Wildman–Crippen MR) is 118 cm³/mol. The molecule has 0 radical (unpaired) electrons. The summed E-state index contributed by atoms with van der Waals surface area (Å²) >= 11 is 12.0. The summed E-state index contributed by atoms with van der Waals surface area (Å²) in [6.45, 7) is 0.336. The standard InChI is InChI=1S/C23H17Cl2N3O3/c24-18-3-1-14(10-19(18)25)9-17-21(29)16-11-15(2-4-20(16)28-23(17)31)22(30)27-12-13-5-7-26-8-6-13/h1-8,10-11,17H,9,12H2,(H,27,30)(H,28,31). The summed E-state index contributed by atoms with van der Waals surface area (Å²) in [5.74, 6) is -1.96. The number of carbonyl (C=O) groups is 3. The molecule has 0 spiro atoms. The molecule has 0 saturated carbocycles. The van der Waals surface area contributed by atoms with Gasteiger partial charge in [-0.2, -0.15) is 0 Å². The first-order valence-electron chi connectivity index (χ1n) is 9.52. The number of halogens is 2. The highest BCUT2D eigenvalue weighted by atomic mass is 35.5. The second-order valence-corrected chi connectivity index (χ2v) is 7.97. The Kier molecular flexibility index (Phi) is 6.02. The number of Topliss-reactive ketones (excluding diaryl/α,β-unsaturated/α-hetero) is 1. The van der Waals surface area contributed by atoms with Gasteiger partial charge in [0.1, 0.15) is 5.92 Å². The lowest BCUT2D eigenvalue weighted by atomic mass is 9.86. The summed E-state index contributed by atoms with van der Waals surface area (Å²) in [7, 11) is 0. The molecule has 2 N–H and O–H groups in total. The van der Waals surface area contributed by atoms with Crippen molar-refractivity contribution in [2.24, 2.45) is 5.92 Å². The van der Waals surface area contributed by atoms with Gasteiger partial charge in [-0.05, 0) is 60.0 Å². The predicted octanol–water partition coefficient (Wildman–Crippen LogP) is 4.31. The Bertz CT molecular complexity index is 1180. The Morgan fingerprint density at radius 1 is 0.968 bits per heavy atom. The van der Waals surface area contributed by atoms with E-state index in [1.165, 1.54) is 6.07 Å². The summed E-state index contributed by atoms with van der Waals surface area (Å²) < 4.78 is 0. The number of rotatable bonds is 5. The first-order valence-corrected chi connectivity index (χ1v) is 10.3. The SMILES string of the molecule is O=C(NCc1ccncc1)c1ccc2c(c1)C(=O)C(Cc1ccc(Cl)c(Cl)c1)C(=O)N2. The largest absolute Gasteiger partial charge is 0.348 e. The maximum absolute atomic E-state index is 13.1. The number of hydrogen-bond acceptors (Lipinski definition) is 4. The summed E-state index contributed by atoms with van der Waals surface area (Å²) in [6, 6.07) is 13.3. The van der Waals surface area contributed by atoms with Gasteiger partial charge in [0.2, 0.25) is 5.91 Å². The number of pyridine rings is 1. The number of nitrogens with one attached hydrogen (secondary N) is 2. The molecule has 3 aromatic rings. The Labute approximate surface area is 188 Å². The monoisotopic (exact) mass is 453 g/mol. The Morgan fingerprint density at radius 3 is 2.48 bits per heavy atom. The minimum Gasteiger partial charge on any atom is -0.348 e. The molecule has 1 aliphatic rings. The van der Waals surface area contributed by atoms with Crippen molar-refractivity contribution < 1.29 is 14.4 Å². The van der Waals surface area contributed by atoms with Crippen LogP contribution in [-0.4, -0.2) is 22.6 Å². The smallest absolute Gasteiger partial charge is 0.251 e. The van der Waals surface area contributed by atoms with Gasteiger partial charge >= 0.3 is 0 Å². The number of amides is 2. The number of benzene rings is 2. The normalized spacial score (nSPS) is 15.2. The highest BCUT2D eigenvalue weighted by Gasteiger charge is 2.34. The van der Waals surface area contributed by atoms with Crippen LogP contribution >= 0.6 is 23.2 Å². The van der Waals surface area contributed by atoms with E-state index in [-0.39, 0.29) is 18.1 Å². The van der Waals surface area contributed by atoms with Crippen molar-refractivity contribution in [2.45, 2.75) is 13.0 Å². The summed E-state index contributed by atoms with van der Waals surface area (Å²) in [4.78, 5) is 42.1. The quantitative estimate of drug-likeness (QED) is 0.563. The third-order valence-electron chi connectivity index (χ3n) is 5.06. The molecule has 8 heteroatoms. The van der Waals surface area contributed by atoms with E-state index in [2.05, 4.69) is 15.6 Å². The zero-order chi connectivity index (χ0) is 22.0. The Balaban J connectivity index is 1.53. The van der Waals surface area contributed by atoms with Gasteiger partial charge in [0.05, 0.1) is 15.7 Å². The van der Waals surface area contributed by atoms with E-state index in [0.29, 0.717) is 33.4 Å². The average molecular weight is 454 g/mol. The van der Waals surface area contributed by atoms with Gasteiger partial charge in [0.15, 0.2) is 5.78 Å². The second-order valence-electron chi connectivity index (χ2n) is 7.16. The van der Waals surface area contributed by atoms with Crippen LogP contribution in [0.2, 0.25) is 10.0 Å². The first kappa shape index (κ1) is 21.0. The fraction of sp³-hybridized carbons (Fsp3) is 0.130. The fourth-order valence-electron chi connectivity index (χ4n) is 3.40. The van der Waals surface area contributed by atoms with E-state index in [0.717, 1.165) is 11.1 Å². The van der Waals surface area contributed by atoms with Crippen molar-refractivity contribution in [3.63, 3.8) is 0 Å². The molecule has 4 rings (SSSR count). The second kappa shape index (κ2) is 8.88. The van der Waals surface area contributed by atoms with E-state index in [4.69, 9.17) is 23.2 Å². The van der Waals surface area contributed by atoms with E-state index in [1.54, 1.807) is 54.9 Å². The van der Waals surface area contributed by atoms with E-state index in [9.17, 15) is 14.4 Å². The van der Waals surface area contributed by atoms with Crippen LogP contribution in [0, 0.1) is 5.92 Å². The number of nitrogens with zero attached hydrogens (tertiary/aromatic N) is 1. The summed E-state index contributed by atoms with van der Waals surface area (Å²) in [5, 5.41) is 6.33. The van der Waals surface area contributed by atoms with Gasteiger partial charge in [-0.25, -0.2) is 0 Å². The molecule has 2 heterocycles. The molecule has 156 valence electrons. The van der Waals surface area contributed by atoms with Gasteiger partial charge in [-0.3, -0.25) is 19.4 Å². The highest BCUT2D eigenvalue weighted by molar-refractivity contribution is 6.42. The van der Waals surface area contributed by atoms with Gasteiger partial charge in [0.25, 0.3) is 5.91 Å². The molecule has 2 amide bonds. The zero-order valence-electron chi connectivity index (χ0n) is 16.2. The number of ketones is 1. The molecule has 1 atom stereocenters. The Morgan fingerprint density at radius 2 is 1.74 bits per heavy atom. The van der Waals surface area contributed by atoms with Crippen LogP contribution in [0.1, 0.15) is 31.8 Å². The van der Waals surface area contributed by atoms with Crippen LogP contribution in [0.4, 0.5) is 5.69 Å². The van der Waals surface area contributed by atoms with Crippen LogP contribution < -0.4 is 10.6 Å². The van der Waals surface area contributed by atoms with Crippen LogP contribution in [0.3, 0.4) is 0 Å². The van der Waals surface area contributed by atoms with Gasteiger partial charge in [-0.1, -0.05) is 29.3 Å². The first-order chi connectivity index (χ1) is 14.9. The van der Waals surface area contributed by atoms with Crippen molar-refractivity contribution >= 4 is 46.5 Å². The molecule has 0 aliphatic carbocycles. The number of carbonyl (C=O) groups excluding carboxylic acids is 3. The molecule has 0 fully saturated rings. The van der Waals surface area contributed by atoms with Gasteiger partial charge < -0.3 is 10.6 Å². The molecular weight excluding hydrogens is 437 g/mol. The van der Waals surface area contributed by atoms with E-state index in [1.807, 2.05) is 0 Å². The minimum atomic E-state index is -0.917. The highest BCUT2D eigenvalue weighted by Crippen LogP contribution is 2.30. The van der Waals surface area contributed by atoms with E-state index < -0.39 is 11.8 Å². The van der Waals surface area contributed by atoms with Crippen molar-refractivity contribution in [1.29, 1.82) is 0 Å². The molecule has 0 saturated heterocycles. The lowest BCUT2D eigenvalue weighted by Gasteiger charge is -2.24. The zero-order valence-corrected chi connectivity index (χ0v) is 17.7. The number of aromatic nitrogens is 1. The fourth-order valence-corrected chi connectivity index (χ4v) is 3.72. The molecule has 6 nitrogen and oxygen atoms in total. The topological polar surface area (TPSA) is 88.2 Å². The third-order valence-corrected chi connectivity index (χ3v) is 5.80. The maximum Gasteiger partial charge on any atom is 0.251 e. The molecule has 2 aromatic carbocycles. The lowest BCUT2D eigenvalue weighted by Crippen LogP contribution is -2.37. The average Bonchev–Trinajstić information content (AvgIpc) is 2.78. The Hall–Kier alpha value is -3.22. The van der Waals surface area contributed by atoms with Crippen LogP contribution in [0.5, 0.6) is 0 Å². The molecule has 31 heavy (non-hydrogen) atoms. The molecule has 1 aromatic heterocycles. The van der Waals surface area contributed by atoms with Gasteiger partial charge in [-0.15, -0.1) is 0 Å². The molecular formula is C23H17Cl2N3O3. The lowest BCUT2D eigenvalue weighted by molar-refractivity contribution is -0.118. The van der Waals surface area contributed by atoms with Crippen molar-refractivity contribution in [3.8, 4) is 0 Å². The van der Waals surface area contributed by atoms with Crippen molar-refractivity contribution in [2.75, 3.05) is 5.32 Å². The maximum atomic E-state index is 13.1. The summed E-state index contributed by atoms with van der Waals surface area (Å²) in [5.41, 5.74) is 2.67. The third kappa shape index (κ3) is 4.60. The van der Waals surface area contributed by atoms with Crippen molar-refractivity contribution in [3.05, 3.63) is 93.2 Å². The molecule has 1 aliphatic heterocycles. The number of anilines is 1. The molecule has 1 unspecified atom stereocenters. The van der Waals surface area contributed by atoms with Gasteiger partial charge in [0, 0.05) is 30.1 Å². The summed E-state index contributed by atoms with van der Waals surface area (Å²) in [6.07, 6.45) is 3.48. The van der Waals surface area contributed by atoms with Crippen LogP contribution in [0.15, 0.2) is 60.9 Å². The van der Waals surface area contributed by atoms with Crippen molar-refractivity contribution in [1.82, 2.24) is 10.3 Å². The number of hydrogen-bond donors (Lipinski definition) is 2. The minimum absolute atomic E-state index is 0.180. The number of fused-ring (bicyclic) bond motifs is 1.